The van der Waals surface area contributed by atoms with Crippen LogP contribution in [0.3, 0.4) is 0 Å². The Hall–Kier alpha value is -2.74. The van der Waals surface area contributed by atoms with Crippen LogP contribution in [-0.2, 0) is 4.79 Å². The lowest BCUT2D eigenvalue weighted by molar-refractivity contribution is -0.384. The van der Waals surface area contributed by atoms with E-state index in [1.165, 1.54) is 17.7 Å². The van der Waals surface area contributed by atoms with Gasteiger partial charge in [0.15, 0.2) is 0 Å². The van der Waals surface area contributed by atoms with Gasteiger partial charge in [0.2, 0.25) is 5.91 Å². The molecule has 0 radical (unpaired) electrons. The normalized spacial score (nSPS) is 15.5. The molecule has 1 amide bonds. The quantitative estimate of drug-likeness (QED) is 0.554. The molecule has 1 heterocycles. The molecule has 2 aromatic carbocycles. The molecular weight excluding hydrogens is 392 g/mol. The summed E-state index contributed by atoms with van der Waals surface area (Å²) in [7, 11) is 0. The highest BCUT2D eigenvalue weighted by atomic mass is 35.5. The summed E-state index contributed by atoms with van der Waals surface area (Å²) >= 11 is 5.80. The summed E-state index contributed by atoms with van der Waals surface area (Å²) in [6.07, 6.45) is 4.27. The van der Waals surface area contributed by atoms with Gasteiger partial charge in [-0.05, 0) is 17.7 Å². The predicted octanol–water partition coefficient (Wildman–Crippen LogP) is 3.52. The first-order valence-electron chi connectivity index (χ1n) is 9.41. The second kappa shape index (κ2) is 10.2. The number of rotatable bonds is 7. The molecule has 2 aromatic rings. The molecule has 0 saturated carbocycles. The molecule has 3 rings (SSSR count). The molecule has 8 heteroatoms. The Morgan fingerprint density at radius 2 is 1.79 bits per heavy atom. The summed E-state index contributed by atoms with van der Waals surface area (Å²) in [4.78, 5) is 27.1. The van der Waals surface area contributed by atoms with Gasteiger partial charge in [0.1, 0.15) is 5.02 Å². The highest BCUT2D eigenvalue weighted by molar-refractivity contribution is 6.32. The Kier molecular flexibility index (Phi) is 7.35. The fourth-order valence-electron chi connectivity index (χ4n) is 3.17. The zero-order valence-corrected chi connectivity index (χ0v) is 16.7. The third-order valence-electron chi connectivity index (χ3n) is 4.73. The van der Waals surface area contributed by atoms with E-state index in [9.17, 15) is 14.9 Å². The maximum Gasteiger partial charge on any atom is 0.289 e. The number of benzene rings is 2. The van der Waals surface area contributed by atoms with Crippen LogP contribution in [0.15, 0.2) is 54.6 Å². The minimum absolute atomic E-state index is 0.0467. The number of amides is 1. The minimum atomic E-state index is -0.566. The summed E-state index contributed by atoms with van der Waals surface area (Å²) in [5, 5.41) is 13.7. The topological polar surface area (TPSA) is 78.7 Å². The van der Waals surface area contributed by atoms with Crippen LogP contribution in [-0.4, -0.2) is 59.9 Å². The molecule has 29 heavy (non-hydrogen) atoms. The first kappa shape index (κ1) is 21.0. The lowest BCUT2D eigenvalue weighted by atomic mass is 10.2. The smallest absolute Gasteiger partial charge is 0.289 e. The largest absolute Gasteiger partial charge is 0.325 e. The van der Waals surface area contributed by atoms with Crippen molar-refractivity contribution in [3.05, 3.63) is 75.3 Å². The van der Waals surface area contributed by atoms with Crippen molar-refractivity contribution in [3.63, 3.8) is 0 Å². The number of piperazine rings is 1. The van der Waals surface area contributed by atoms with Crippen molar-refractivity contribution < 1.29 is 9.72 Å². The Morgan fingerprint density at radius 1 is 1.10 bits per heavy atom. The molecule has 0 spiro atoms. The number of hydrogen-bond donors (Lipinski definition) is 1. The first-order chi connectivity index (χ1) is 14.0. The summed E-state index contributed by atoms with van der Waals surface area (Å²) in [6.45, 7) is 4.51. The standard InChI is InChI=1S/C21H23ClN4O3/c22-19-9-8-18(15-20(19)26(28)29)23-21(27)16-25-13-11-24(12-14-25)10-4-7-17-5-2-1-3-6-17/h1-9,15H,10-14,16H2,(H,23,27)/b7-4-. The molecule has 1 fully saturated rings. The Balaban J connectivity index is 1.42. The van der Waals surface area contributed by atoms with E-state index in [1.807, 2.05) is 18.2 Å². The van der Waals surface area contributed by atoms with E-state index in [0.717, 1.165) is 32.7 Å². The maximum absolute atomic E-state index is 12.3. The molecule has 0 atom stereocenters. The van der Waals surface area contributed by atoms with Crippen LogP contribution >= 0.6 is 11.6 Å². The van der Waals surface area contributed by atoms with Crippen molar-refractivity contribution in [2.45, 2.75) is 0 Å². The van der Waals surface area contributed by atoms with Gasteiger partial charge in [-0.2, -0.15) is 0 Å². The zero-order valence-electron chi connectivity index (χ0n) is 16.0. The van der Waals surface area contributed by atoms with E-state index in [-0.39, 0.29) is 23.2 Å². The maximum atomic E-state index is 12.3. The molecule has 7 nitrogen and oxygen atoms in total. The number of nitrogens with one attached hydrogen (secondary N) is 1. The number of carbonyl (C=O) groups excluding carboxylic acids is 1. The van der Waals surface area contributed by atoms with Crippen LogP contribution in [0.5, 0.6) is 0 Å². The third-order valence-corrected chi connectivity index (χ3v) is 5.05. The van der Waals surface area contributed by atoms with E-state index in [0.29, 0.717) is 5.69 Å². The number of nitro groups is 1. The van der Waals surface area contributed by atoms with Gasteiger partial charge < -0.3 is 5.32 Å². The second-order valence-electron chi connectivity index (χ2n) is 6.86. The molecule has 0 aliphatic carbocycles. The van der Waals surface area contributed by atoms with Gasteiger partial charge in [-0.15, -0.1) is 0 Å². The van der Waals surface area contributed by atoms with Crippen LogP contribution in [0, 0.1) is 10.1 Å². The second-order valence-corrected chi connectivity index (χ2v) is 7.27. The molecule has 1 N–H and O–H groups in total. The Labute approximate surface area is 174 Å². The first-order valence-corrected chi connectivity index (χ1v) is 9.79. The summed E-state index contributed by atoms with van der Waals surface area (Å²) in [5.41, 5.74) is 1.34. The minimum Gasteiger partial charge on any atom is -0.325 e. The van der Waals surface area contributed by atoms with E-state index >= 15 is 0 Å². The fraction of sp³-hybridized carbons (Fsp3) is 0.286. The van der Waals surface area contributed by atoms with E-state index in [4.69, 9.17) is 11.6 Å². The molecule has 0 unspecified atom stereocenters. The Morgan fingerprint density at radius 3 is 2.48 bits per heavy atom. The predicted molar refractivity (Wildman–Crippen MR) is 115 cm³/mol. The summed E-state index contributed by atoms with van der Waals surface area (Å²) in [5.74, 6) is -0.195. The third kappa shape index (κ3) is 6.39. The van der Waals surface area contributed by atoms with Crippen molar-refractivity contribution in [2.75, 3.05) is 44.6 Å². The van der Waals surface area contributed by atoms with Crippen LogP contribution in [0.25, 0.3) is 6.08 Å². The monoisotopic (exact) mass is 414 g/mol. The van der Waals surface area contributed by atoms with Crippen molar-refractivity contribution in [1.82, 2.24) is 9.80 Å². The van der Waals surface area contributed by atoms with Crippen LogP contribution in [0.4, 0.5) is 11.4 Å². The van der Waals surface area contributed by atoms with Gasteiger partial charge in [-0.1, -0.05) is 54.1 Å². The van der Waals surface area contributed by atoms with Gasteiger partial charge in [0, 0.05) is 44.5 Å². The number of nitrogens with zero attached hydrogens (tertiary/aromatic N) is 3. The molecule has 0 aromatic heterocycles. The van der Waals surface area contributed by atoms with Gasteiger partial charge in [-0.3, -0.25) is 24.7 Å². The molecule has 0 bridgehead atoms. The number of nitro benzene ring substituents is 1. The van der Waals surface area contributed by atoms with Gasteiger partial charge in [-0.25, -0.2) is 0 Å². The van der Waals surface area contributed by atoms with E-state index < -0.39 is 4.92 Å². The lowest BCUT2D eigenvalue weighted by Crippen LogP contribution is -2.48. The summed E-state index contributed by atoms with van der Waals surface area (Å²) < 4.78 is 0. The van der Waals surface area contributed by atoms with Crippen LogP contribution < -0.4 is 5.32 Å². The molecular formula is C21H23ClN4O3. The SMILES string of the molecule is O=C(CN1CCN(C/C=C\c2ccccc2)CC1)Nc1ccc(Cl)c([N+](=O)[O-])c1. The van der Waals surface area contributed by atoms with Crippen LogP contribution in [0.1, 0.15) is 5.56 Å². The van der Waals surface area contributed by atoms with Crippen molar-refractivity contribution in [2.24, 2.45) is 0 Å². The van der Waals surface area contributed by atoms with Crippen LogP contribution in [0.2, 0.25) is 5.02 Å². The van der Waals surface area contributed by atoms with Gasteiger partial charge in [0.25, 0.3) is 5.69 Å². The average molecular weight is 415 g/mol. The zero-order chi connectivity index (χ0) is 20.6. The molecule has 152 valence electrons. The number of anilines is 1. The van der Waals surface area contributed by atoms with Gasteiger partial charge in [0.05, 0.1) is 11.5 Å². The lowest BCUT2D eigenvalue weighted by Gasteiger charge is -2.33. The summed E-state index contributed by atoms with van der Waals surface area (Å²) in [6, 6.07) is 14.4. The Bertz CT molecular complexity index is 881. The number of halogens is 1. The van der Waals surface area contributed by atoms with E-state index in [1.54, 1.807) is 6.07 Å². The number of carbonyl (C=O) groups is 1. The fourth-order valence-corrected chi connectivity index (χ4v) is 3.35. The molecule has 1 saturated heterocycles. The van der Waals surface area contributed by atoms with Crippen molar-refractivity contribution >= 4 is 35.0 Å². The average Bonchev–Trinajstić information content (AvgIpc) is 2.71. The highest BCUT2D eigenvalue weighted by Gasteiger charge is 2.19. The molecule has 1 aliphatic heterocycles. The molecule has 1 aliphatic rings. The highest BCUT2D eigenvalue weighted by Crippen LogP contribution is 2.27. The number of hydrogen-bond acceptors (Lipinski definition) is 5. The van der Waals surface area contributed by atoms with Crippen molar-refractivity contribution in [3.8, 4) is 0 Å². The van der Waals surface area contributed by atoms with Gasteiger partial charge >= 0.3 is 0 Å². The van der Waals surface area contributed by atoms with Crippen molar-refractivity contribution in [1.29, 1.82) is 0 Å². The van der Waals surface area contributed by atoms with E-state index in [2.05, 4.69) is 39.4 Å².